The van der Waals surface area contributed by atoms with Crippen LogP contribution >= 0.6 is 0 Å². The summed E-state index contributed by atoms with van der Waals surface area (Å²) in [6, 6.07) is 0. The van der Waals surface area contributed by atoms with Gasteiger partial charge in [0.05, 0.1) is 0 Å². The number of hydrogen-bond acceptors (Lipinski definition) is 4. The molecule has 0 bridgehead atoms. The van der Waals surface area contributed by atoms with Crippen LogP contribution in [0.1, 0.15) is 13.8 Å². The zero-order chi connectivity index (χ0) is 10.3. The summed E-state index contributed by atoms with van der Waals surface area (Å²) >= 11 is 0. The van der Waals surface area contributed by atoms with Crippen molar-refractivity contribution in [2.75, 3.05) is 0 Å². The second kappa shape index (κ2) is 2.87. The van der Waals surface area contributed by atoms with Crippen molar-refractivity contribution in [3.63, 3.8) is 0 Å². The molecule has 0 saturated heterocycles. The summed E-state index contributed by atoms with van der Waals surface area (Å²) in [7, 11) is 0. The third kappa shape index (κ3) is 1.26. The zero-order valence-corrected chi connectivity index (χ0v) is 7.98. The highest BCUT2D eigenvalue weighted by molar-refractivity contribution is 6.44. The third-order valence-corrected chi connectivity index (χ3v) is 2.14. The molecule has 72 valence electrons. The molecular weight excluding hydrogens is 180 g/mol. The zero-order valence-electron chi connectivity index (χ0n) is 7.98. The topological polar surface area (TPSA) is 80.2 Å². The monoisotopic (exact) mass is 190 g/mol. The third-order valence-electron chi connectivity index (χ3n) is 2.14. The number of carbonyl (C=O) groups is 1. The number of hydrogen-bond donors (Lipinski definition) is 1. The lowest BCUT2D eigenvalue weighted by molar-refractivity contribution is -0.111. The van der Waals surface area contributed by atoms with E-state index in [4.69, 9.17) is 5.73 Å². The van der Waals surface area contributed by atoms with E-state index < -0.39 is 5.91 Å². The van der Waals surface area contributed by atoms with Crippen molar-refractivity contribution in [2.45, 2.75) is 20.0 Å². The Kier molecular flexibility index (Phi) is 1.80. The molecular formula is C9H10N4O. The Labute approximate surface area is 81.1 Å². The van der Waals surface area contributed by atoms with Crippen molar-refractivity contribution in [2.24, 2.45) is 20.7 Å². The van der Waals surface area contributed by atoms with Crippen molar-refractivity contribution < 1.29 is 4.79 Å². The van der Waals surface area contributed by atoms with E-state index in [2.05, 4.69) is 15.0 Å². The average molecular weight is 190 g/mol. The first-order valence-corrected chi connectivity index (χ1v) is 4.27. The van der Waals surface area contributed by atoms with E-state index in [9.17, 15) is 4.79 Å². The van der Waals surface area contributed by atoms with E-state index in [-0.39, 0.29) is 11.9 Å². The van der Waals surface area contributed by atoms with Gasteiger partial charge in [-0.15, -0.1) is 0 Å². The largest absolute Gasteiger partial charge is 0.364 e. The Morgan fingerprint density at radius 3 is 2.79 bits per heavy atom. The molecule has 1 atom stereocenters. The Balaban J connectivity index is 2.43. The van der Waals surface area contributed by atoms with Gasteiger partial charge >= 0.3 is 0 Å². The summed E-state index contributed by atoms with van der Waals surface area (Å²) in [5.41, 5.74) is 7.12. The molecule has 14 heavy (non-hydrogen) atoms. The molecule has 0 aromatic carbocycles. The maximum absolute atomic E-state index is 10.9. The molecule has 0 aliphatic carbocycles. The van der Waals surface area contributed by atoms with Crippen LogP contribution in [0, 0.1) is 0 Å². The van der Waals surface area contributed by atoms with E-state index in [1.807, 2.05) is 6.92 Å². The Hall–Kier alpha value is -1.78. The predicted octanol–water partition coefficient (Wildman–Crippen LogP) is 0.0717. The minimum absolute atomic E-state index is 0.276. The predicted molar refractivity (Wildman–Crippen MR) is 54.7 cm³/mol. The van der Waals surface area contributed by atoms with Gasteiger partial charge in [-0.25, -0.2) is 15.0 Å². The van der Waals surface area contributed by atoms with Crippen LogP contribution in [0.2, 0.25) is 0 Å². The second-order valence-electron chi connectivity index (χ2n) is 3.23. The quantitative estimate of drug-likeness (QED) is 0.623. The van der Waals surface area contributed by atoms with Crippen LogP contribution in [0.5, 0.6) is 0 Å². The van der Waals surface area contributed by atoms with Gasteiger partial charge in [-0.1, -0.05) is 0 Å². The molecule has 1 amide bonds. The molecule has 2 aliphatic rings. The van der Waals surface area contributed by atoms with Gasteiger partial charge in [0.2, 0.25) is 0 Å². The SMILES string of the molecule is CC1=NC2N=C(C(N)=O)C=C2C(C)=N1. The molecule has 0 radical (unpaired) electrons. The number of aliphatic imine (C=N–C) groups is 3. The van der Waals surface area contributed by atoms with Gasteiger partial charge in [0, 0.05) is 11.3 Å². The lowest BCUT2D eigenvalue weighted by Crippen LogP contribution is -2.20. The van der Waals surface area contributed by atoms with Crippen molar-refractivity contribution >= 4 is 23.2 Å². The number of amidine groups is 1. The van der Waals surface area contributed by atoms with E-state index in [0.29, 0.717) is 5.84 Å². The minimum atomic E-state index is -0.521. The van der Waals surface area contributed by atoms with Crippen LogP contribution in [-0.4, -0.2) is 29.3 Å². The highest BCUT2D eigenvalue weighted by atomic mass is 16.1. The van der Waals surface area contributed by atoms with E-state index in [1.54, 1.807) is 13.0 Å². The summed E-state index contributed by atoms with van der Waals surface area (Å²) < 4.78 is 0. The maximum atomic E-state index is 10.9. The molecule has 5 nitrogen and oxygen atoms in total. The van der Waals surface area contributed by atoms with Crippen molar-refractivity contribution in [3.8, 4) is 0 Å². The summed E-state index contributed by atoms with van der Waals surface area (Å²) in [6.07, 6.45) is 1.34. The molecule has 2 aliphatic heterocycles. The Morgan fingerprint density at radius 1 is 1.43 bits per heavy atom. The van der Waals surface area contributed by atoms with Gasteiger partial charge in [-0.05, 0) is 19.9 Å². The van der Waals surface area contributed by atoms with Gasteiger partial charge in [-0.3, -0.25) is 4.79 Å². The number of carbonyl (C=O) groups excluding carboxylic acids is 1. The van der Waals surface area contributed by atoms with Crippen molar-refractivity contribution in [1.82, 2.24) is 0 Å². The van der Waals surface area contributed by atoms with E-state index in [1.165, 1.54) is 0 Å². The highest BCUT2D eigenvalue weighted by Crippen LogP contribution is 2.21. The summed E-state index contributed by atoms with van der Waals surface area (Å²) in [6.45, 7) is 3.68. The number of nitrogens with zero attached hydrogens (tertiary/aromatic N) is 3. The molecule has 0 saturated carbocycles. The normalized spacial score (nSPS) is 24.6. The first-order valence-electron chi connectivity index (χ1n) is 4.27. The van der Waals surface area contributed by atoms with Crippen LogP contribution in [0.4, 0.5) is 0 Å². The smallest absolute Gasteiger partial charge is 0.266 e. The lowest BCUT2D eigenvalue weighted by atomic mass is 10.1. The van der Waals surface area contributed by atoms with Crippen LogP contribution in [0.3, 0.4) is 0 Å². The molecule has 0 aromatic rings. The molecule has 2 heterocycles. The number of amides is 1. The maximum Gasteiger partial charge on any atom is 0.266 e. The average Bonchev–Trinajstić information content (AvgIpc) is 2.47. The molecule has 1 unspecified atom stereocenters. The number of nitrogens with two attached hydrogens (primary N) is 1. The van der Waals surface area contributed by atoms with Gasteiger partial charge in [0.15, 0.2) is 6.17 Å². The molecule has 2 N–H and O–H groups in total. The fourth-order valence-electron chi connectivity index (χ4n) is 1.50. The molecule has 2 rings (SSSR count). The molecule has 0 aromatic heterocycles. The van der Waals surface area contributed by atoms with Crippen LogP contribution in [0.25, 0.3) is 0 Å². The van der Waals surface area contributed by atoms with Crippen LogP contribution < -0.4 is 5.73 Å². The van der Waals surface area contributed by atoms with Gasteiger partial charge in [-0.2, -0.15) is 0 Å². The molecule has 0 spiro atoms. The van der Waals surface area contributed by atoms with Gasteiger partial charge < -0.3 is 5.73 Å². The fraction of sp³-hybridized carbons (Fsp3) is 0.333. The molecule has 0 fully saturated rings. The summed E-state index contributed by atoms with van der Waals surface area (Å²) in [5.74, 6) is 0.159. The number of primary amides is 1. The highest BCUT2D eigenvalue weighted by Gasteiger charge is 2.26. The van der Waals surface area contributed by atoms with Crippen LogP contribution in [0.15, 0.2) is 26.6 Å². The second-order valence-corrected chi connectivity index (χ2v) is 3.23. The Morgan fingerprint density at radius 2 is 2.14 bits per heavy atom. The first kappa shape index (κ1) is 8.80. The molecule has 5 heteroatoms. The first-order chi connectivity index (χ1) is 6.58. The van der Waals surface area contributed by atoms with Gasteiger partial charge in [0.1, 0.15) is 11.5 Å². The Bertz CT molecular complexity index is 428. The minimum Gasteiger partial charge on any atom is -0.364 e. The number of rotatable bonds is 1. The summed E-state index contributed by atoms with van der Waals surface area (Å²) in [4.78, 5) is 23.4. The van der Waals surface area contributed by atoms with Crippen molar-refractivity contribution in [3.05, 3.63) is 11.6 Å². The van der Waals surface area contributed by atoms with Gasteiger partial charge in [0.25, 0.3) is 5.91 Å². The van der Waals surface area contributed by atoms with Crippen molar-refractivity contribution in [1.29, 1.82) is 0 Å². The number of fused-ring (bicyclic) bond motifs is 1. The lowest BCUT2D eigenvalue weighted by Gasteiger charge is -2.13. The summed E-state index contributed by atoms with van der Waals surface area (Å²) in [5, 5.41) is 0. The van der Waals surface area contributed by atoms with E-state index in [0.717, 1.165) is 11.3 Å². The van der Waals surface area contributed by atoms with Crippen LogP contribution in [-0.2, 0) is 4.79 Å². The standard InChI is InChI=1S/C9H10N4O/c1-4-6-3-7(8(10)14)13-9(6)12-5(2)11-4/h3,9H,1-2H3,(H2,10,14). The van der Waals surface area contributed by atoms with E-state index >= 15 is 0 Å². The fourth-order valence-corrected chi connectivity index (χ4v) is 1.50.